The summed E-state index contributed by atoms with van der Waals surface area (Å²) in [5, 5.41) is 3.24. The molecule has 0 unspecified atom stereocenters. The van der Waals surface area contributed by atoms with Crippen molar-refractivity contribution in [3.8, 4) is 0 Å². The summed E-state index contributed by atoms with van der Waals surface area (Å²) in [6.45, 7) is 2.17. The predicted octanol–water partition coefficient (Wildman–Crippen LogP) is 0.574. The molecule has 2 heterocycles. The van der Waals surface area contributed by atoms with Crippen LogP contribution in [-0.4, -0.2) is 30.7 Å². The zero-order valence-electron chi connectivity index (χ0n) is 9.12. The lowest BCUT2D eigenvalue weighted by molar-refractivity contribution is 0.0590. The maximum Gasteiger partial charge on any atom is 0.354 e. The number of aryl methyl sites for hydroxylation is 1. The van der Waals surface area contributed by atoms with Crippen molar-refractivity contribution in [3.63, 3.8) is 0 Å². The van der Waals surface area contributed by atoms with Crippen LogP contribution in [0.3, 0.4) is 0 Å². The summed E-state index contributed by atoms with van der Waals surface area (Å²) >= 11 is 0. The third-order valence-corrected chi connectivity index (χ3v) is 2.85. The molecule has 0 bridgehead atoms. The van der Waals surface area contributed by atoms with Gasteiger partial charge in [-0.2, -0.15) is 0 Å². The van der Waals surface area contributed by atoms with Crippen molar-refractivity contribution in [2.45, 2.75) is 6.42 Å². The first kappa shape index (κ1) is 10.2. The molecular formula is C11H16N2O2. The minimum absolute atomic E-state index is 0.268. The average molecular weight is 208 g/mol. The maximum atomic E-state index is 11.4. The Balaban J connectivity index is 2.09. The van der Waals surface area contributed by atoms with Gasteiger partial charge in [-0.05, 0) is 37.1 Å². The van der Waals surface area contributed by atoms with E-state index in [-0.39, 0.29) is 5.97 Å². The van der Waals surface area contributed by atoms with E-state index in [0.29, 0.717) is 5.69 Å². The van der Waals surface area contributed by atoms with Gasteiger partial charge in [0.05, 0.1) is 7.11 Å². The Labute approximate surface area is 89.2 Å². The van der Waals surface area contributed by atoms with Gasteiger partial charge < -0.3 is 14.6 Å². The molecule has 2 rings (SSSR count). The van der Waals surface area contributed by atoms with E-state index in [9.17, 15) is 4.79 Å². The highest BCUT2D eigenvalue weighted by atomic mass is 16.5. The molecule has 1 aromatic rings. The summed E-state index contributed by atoms with van der Waals surface area (Å²) < 4.78 is 6.53. The molecule has 15 heavy (non-hydrogen) atoms. The summed E-state index contributed by atoms with van der Waals surface area (Å²) in [6, 6.07) is 1.92. The second kappa shape index (κ2) is 4.06. The standard InChI is InChI=1S/C11H16N2O2/c1-13-7-8(3-9-5-12-6-9)4-10(13)11(14)15-2/h4,7,9,12H,3,5-6H2,1-2H3. The SMILES string of the molecule is COC(=O)c1cc(CC2CNC2)cn1C. The zero-order valence-corrected chi connectivity index (χ0v) is 9.12. The molecule has 1 fully saturated rings. The van der Waals surface area contributed by atoms with E-state index in [0.717, 1.165) is 25.4 Å². The summed E-state index contributed by atoms with van der Waals surface area (Å²) in [5.74, 6) is 0.452. The topological polar surface area (TPSA) is 43.3 Å². The molecule has 1 saturated heterocycles. The number of ether oxygens (including phenoxy) is 1. The van der Waals surface area contributed by atoms with Crippen LogP contribution >= 0.6 is 0 Å². The smallest absolute Gasteiger partial charge is 0.354 e. The molecule has 0 spiro atoms. The second-order valence-electron chi connectivity index (χ2n) is 4.06. The molecule has 1 aromatic heterocycles. The molecular weight excluding hydrogens is 192 g/mol. The molecule has 1 aliphatic heterocycles. The number of carbonyl (C=O) groups is 1. The van der Waals surface area contributed by atoms with E-state index < -0.39 is 0 Å². The fraction of sp³-hybridized carbons (Fsp3) is 0.545. The molecule has 82 valence electrons. The Hall–Kier alpha value is -1.29. The van der Waals surface area contributed by atoms with Crippen molar-refractivity contribution in [2.24, 2.45) is 13.0 Å². The van der Waals surface area contributed by atoms with Gasteiger partial charge in [-0.1, -0.05) is 0 Å². The quantitative estimate of drug-likeness (QED) is 0.739. The fourth-order valence-corrected chi connectivity index (χ4v) is 1.88. The number of nitrogens with zero attached hydrogens (tertiary/aromatic N) is 1. The lowest BCUT2D eigenvalue weighted by Gasteiger charge is -2.26. The Morgan fingerprint density at radius 3 is 2.93 bits per heavy atom. The third-order valence-electron chi connectivity index (χ3n) is 2.85. The maximum absolute atomic E-state index is 11.4. The molecule has 0 aliphatic carbocycles. The van der Waals surface area contributed by atoms with Crippen molar-refractivity contribution in [1.29, 1.82) is 0 Å². The van der Waals surface area contributed by atoms with Crippen LogP contribution < -0.4 is 5.32 Å². The van der Waals surface area contributed by atoms with Crippen LogP contribution in [0.15, 0.2) is 12.3 Å². The van der Waals surface area contributed by atoms with E-state index in [1.807, 2.05) is 23.9 Å². The van der Waals surface area contributed by atoms with Crippen molar-refractivity contribution >= 4 is 5.97 Å². The number of aromatic nitrogens is 1. The number of methoxy groups -OCH3 is 1. The van der Waals surface area contributed by atoms with Gasteiger partial charge in [-0.15, -0.1) is 0 Å². The third kappa shape index (κ3) is 2.04. The van der Waals surface area contributed by atoms with Crippen LogP contribution in [0, 0.1) is 5.92 Å². The normalized spacial score (nSPS) is 16.1. The van der Waals surface area contributed by atoms with Crippen LogP contribution in [-0.2, 0) is 18.2 Å². The summed E-state index contributed by atoms with van der Waals surface area (Å²) in [5.41, 5.74) is 1.84. The van der Waals surface area contributed by atoms with Gasteiger partial charge in [-0.25, -0.2) is 4.79 Å². The van der Waals surface area contributed by atoms with E-state index in [1.54, 1.807) is 0 Å². The average Bonchev–Trinajstić information content (AvgIpc) is 2.52. The Morgan fingerprint density at radius 1 is 1.67 bits per heavy atom. The van der Waals surface area contributed by atoms with Crippen LogP contribution in [0.25, 0.3) is 0 Å². The number of hydrogen-bond acceptors (Lipinski definition) is 3. The Bertz CT molecular complexity index is 367. The highest BCUT2D eigenvalue weighted by Crippen LogP contribution is 2.15. The second-order valence-corrected chi connectivity index (χ2v) is 4.06. The minimum atomic E-state index is -0.268. The first-order valence-corrected chi connectivity index (χ1v) is 5.15. The van der Waals surface area contributed by atoms with Crippen molar-refractivity contribution in [3.05, 3.63) is 23.5 Å². The van der Waals surface area contributed by atoms with Crippen LogP contribution in [0.2, 0.25) is 0 Å². The minimum Gasteiger partial charge on any atom is -0.464 e. The fourth-order valence-electron chi connectivity index (χ4n) is 1.88. The zero-order chi connectivity index (χ0) is 10.8. The van der Waals surface area contributed by atoms with Crippen LogP contribution in [0.1, 0.15) is 16.1 Å². The molecule has 1 N–H and O–H groups in total. The number of esters is 1. The number of rotatable bonds is 3. The predicted molar refractivity (Wildman–Crippen MR) is 56.8 cm³/mol. The van der Waals surface area contributed by atoms with Crippen molar-refractivity contribution in [1.82, 2.24) is 9.88 Å². The van der Waals surface area contributed by atoms with Crippen molar-refractivity contribution in [2.75, 3.05) is 20.2 Å². The molecule has 4 heteroatoms. The van der Waals surface area contributed by atoms with Crippen molar-refractivity contribution < 1.29 is 9.53 Å². The molecule has 4 nitrogen and oxygen atoms in total. The monoisotopic (exact) mass is 208 g/mol. The van der Waals surface area contributed by atoms with Gasteiger partial charge in [0.1, 0.15) is 5.69 Å². The Kier molecular flexibility index (Phi) is 2.77. The van der Waals surface area contributed by atoms with E-state index in [1.165, 1.54) is 12.7 Å². The molecule has 0 radical (unpaired) electrons. The highest BCUT2D eigenvalue weighted by molar-refractivity contribution is 5.87. The molecule has 0 atom stereocenters. The number of hydrogen-bond donors (Lipinski definition) is 1. The van der Waals surface area contributed by atoms with Gasteiger partial charge >= 0.3 is 5.97 Å². The summed E-state index contributed by atoms with van der Waals surface area (Å²) in [7, 11) is 3.28. The largest absolute Gasteiger partial charge is 0.464 e. The lowest BCUT2D eigenvalue weighted by atomic mass is 9.96. The molecule has 0 amide bonds. The highest BCUT2D eigenvalue weighted by Gasteiger charge is 2.19. The van der Waals surface area contributed by atoms with Crippen LogP contribution in [0.4, 0.5) is 0 Å². The van der Waals surface area contributed by atoms with Gasteiger partial charge in [0.25, 0.3) is 0 Å². The molecule has 0 aromatic carbocycles. The van der Waals surface area contributed by atoms with E-state index >= 15 is 0 Å². The summed E-state index contributed by atoms with van der Waals surface area (Å²) in [4.78, 5) is 11.4. The van der Waals surface area contributed by atoms with Gasteiger partial charge in [0.15, 0.2) is 0 Å². The lowest BCUT2D eigenvalue weighted by Crippen LogP contribution is -2.42. The Morgan fingerprint density at radius 2 is 2.40 bits per heavy atom. The first-order valence-electron chi connectivity index (χ1n) is 5.15. The number of nitrogens with one attached hydrogen (secondary N) is 1. The first-order chi connectivity index (χ1) is 7.20. The summed E-state index contributed by atoms with van der Waals surface area (Å²) in [6.07, 6.45) is 3.04. The van der Waals surface area contributed by atoms with E-state index in [4.69, 9.17) is 4.74 Å². The van der Waals surface area contributed by atoms with Gasteiger partial charge in [-0.3, -0.25) is 0 Å². The molecule has 1 aliphatic rings. The van der Waals surface area contributed by atoms with Gasteiger partial charge in [0.2, 0.25) is 0 Å². The van der Waals surface area contributed by atoms with E-state index in [2.05, 4.69) is 5.32 Å². The van der Waals surface area contributed by atoms with Crippen LogP contribution in [0.5, 0.6) is 0 Å². The number of carbonyl (C=O) groups excluding carboxylic acids is 1. The van der Waals surface area contributed by atoms with Gasteiger partial charge in [0, 0.05) is 13.2 Å². The molecule has 0 saturated carbocycles.